The van der Waals surface area contributed by atoms with E-state index in [1.165, 1.54) is 19.1 Å². The average Bonchev–Trinajstić information content (AvgIpc) is 2.53. The van der Waals surface area contributed by atoms with E-state index in [1.54, 1.807) is 18.2 Å². The first-order chi connectivity index (χ1) is 13.2. The topological polar surface area (TPSA) is 159 Å². The Balaban J connectivity index is 2.68. The lowest BCUT2D eigenvalue weighted by Crippen LogP contribution is -2.41. The fourth-order valence-electron chi connectivity index (χ4n) is 2.53. The zero-order valence-corrected chi connectivity index (χ0v) is 16.2. The van der Waals surface area contributed by atoms with Gasteiger partial charge in [0.2, 0.25) is 15.9 Å². The highest BCUT2D eigenvalue weighted by molar-refractivity contribution is 7.89. The predicted octanol–water partition coefficient (Wildman–Crippen LogP) is 0.738. The van der Waals surface area contributed by atoms with Crippen molar-refractivity contribution in [3.05, 3.63) is 48.0 Å². The van der Waals surface area contributed by atoms with Gasteiger partial charge >= 0.3 is 5.97 Å². The van der Waals surface area contributed by atoms with Crippen LogP contribution in [0.2, 0.25) is 5.21 Å². The molecule has 2 aromatic carbocycles. The van der Waals surface area contributed by atoms with E-state index in [-0.39, 0.29) is 11.4 Å². The lowest BCUT2D eigenvalue weighted by atomic mass is 9.53. The van der Waals surface area contributed by atoms with Crippen LogP contribution in [0.5, 0.6) is 11.5 Å². The van der Waals surface area contributed by atoms with Crippen LogP contribution in [0.3, 0.4) is 0 Å². The quantitative estimate of drug-likeness (QED) is 0.311. The predicted molar refractivity (Wildman–Crippen MR) is 107 cm³/mol. The highest BCUT2D eigenvalue weighted by Gasteiger charge is 2.32. The molecule has 29 heavy (non-hydrogen) atoms. The molecule has 0 saturated heterocycles. The number of nitrogens with two attached hydrogens (primary N) is 1. The number of sulfonamides is 1. The molecule has 2 rings (SSSR count). The van der Waals surface area contributed by atoms with Gasteiger partial charge in [-0.1, -0.05) is 30.3 Å². The van der Waals surface area contributed by atoms with Gasteiger partial charge in [-0.05, 0) is 24.3 Å². The molecular formula is C17H18B2N2O7S. The first kappa shape index (κ1) is 22.8. The summed E-state index contributed by atoms with van der Waals surface area (Å²) in [6, 6.07) is 9.68. The summed E-state index contributed by atoms with van der Waals surface area (Å²) in [5.74, 6) is -4.47. The van der Waals surface area contributed by atoms with Crippen LogP contribution in [0.25, 0.3) is 0 Å². The number of carbonyl (C=O) groups is 1. The zero-order chi connectivity index (χ0) is 22.0. The molecule has 0 bridgehead atoms. The van der Waals surface area contributed by atoms with Crippen molar-refractivity contribution in [3.63, 3.8) is 0 Å². The molecular weight excluding hydrogens is 398 g/mol. The number of carboxylic acids is 1. The Hall–Kier alpha value is -2.53. The Labute approximate surface area is 170 Å². The molecule has 0 atom stereocenters. The molecule has 9 nitrogen and oxygen atoms in total. The lowest BCUT2D eigenvalue weighted by molar-refractivity contribution is -0.142. The highest BCUT2D eigenvalue weighted by atomic mass is 32.2. The van der Waals surface area contributed by atoms with Crippen molar-refractivity contribution >= 4 is 37.4 Å². The summed E-state index contributed by atoms with van der Waals surface area (Å²) in [5, 5.41) is 35.6. The third-order valence-electron chi connectivity index (χ3n) is 3.53. The molecule has 0 fully saturated rings. The van der Waals surface area contributed by atoms with E-state index in [2.05, 4.69) is 5.32 Å². The van der Waals surface area contributed by atoms with E-state index < -0.39 is 49.7 Å². The third-order valence-corrected chi connectivity index (χ3v) is 4.45. The summed E-state index contributed by atoms with van der Waals surface area (Å²) in [5.41, 5.74) is -0.858. The van der Waals surface area contributed by atoms with Crippen LogP contribution in [-0.4, -0.2) is 51.3 Å². The number of para-hydroxylation sites is 1. The molecule has 150 valence electrons. The number of nitrogens with one attached hydrogen (secondary N) is 1. The van der Waals surface area contributed by atoms with E-state index >= 15 is 0 Å². The first-order valence-electron chi connectivity index (χ1n) is 8.16. The van der Waals surface area contributed by atoms with Crippen molar-refractivity contribution < 1.29 is 33.3 Å². The largest absolute Gasteiger partial charge is 0.478 e. The summed E-state index contributed by atoms with van der Waals surface area (Å²) in [6.07, 6.45) is -0.604. The molecule has 4 radical (unpaired) electrons. The van der Waals surface area contributed by atoms with Gasteiger partial charge in [0, 0.05) is 6.42 Å². The zero-order valence-electron chi connectivity index (χ0n) is 15.4. The highest BCUT2D eigenvalue weighted by Crippen LogP contribution is 2.39. The summed E-state index contributed by atoms with van der Waals surface area (Å²) < 4.78 is 29.7. The molecule has 0 aliphatic carbocycles. The minimum Gasteiger partial charge on any atom is -0.478 e. The van der Waals surface area contributed by atoms with Gasteiger partial charge < -0.3 is 25.4 Å². The Morgan fingerprint density at radius 2 is 1.79 bits per heavy atom. The van der Waals surface area contributed by atoms with Gasteiger partial charge in [0.15, 0.2) is 5.75 Å². The molecule has 0 heterocycles. The van der Waals surface area contributed by atoms with Gasteiger partial charge in [-0.15, -0.1) is 0 Å². The Kier molecular flexibility index (Phi) is 6.33. The number of carboxylic acid groups (broad SMARTS) is 1. The second kappa shape index (κ2) is 8.07. The van der Waals surface area contributed by atoms with E-state index in [1.807, 2.05) is 0 Å². The van der Waals surface area contributed by atoms with Crippen LogP contribution in [0.1, 0.15) is 23.7 Å². The molecule has 0 unspecified atom stereocenters. The maximum absolute atomic E-state index is 12.1. The van der Waals surface area contributed by atoms with Gasteiger partial charge in [0.25, 0.3) is 0 Å². The lowest BCUT2D eigenvalue weighted by Gasteiger charge is -2.32. The van der Waals surface area contributed by atoms with Crippen LogP contribution in [-0.2, 0) is 10.0 Å². The maximum Gasteiger partial charge on any atom is 0.335 e. The average molecular weight is 416 g/mol. The molecule has 2 aromatic rings. The van der Waals surface area contributed by atoms with E-state index in [0.717, 1.165) is 12.1 Å². The molecule has 6 N–H and O–H groups in total. The molecule has 0 amide bonds. The van der Waals surface area contributed by atoms with Gasteiger partial charge in [-0.2, -0.15) is 0 Å². The second-order valence-corrected chi connectivity index (χ2v) is 8.27. The van der Waals surface area contributed by atoms with Crippen molar-refractivity contribution in [2.45, 2.75) is 29.4 Å². The minimum absolute atomic E-state index is 0.187. The van der Waals surface area contributed by atoms with Crippen molar-refractivity contribution in [3.8, 4) is 11.5 Å². The van der Waals surface area contributed by atoms with Crippen LogP contribution >= 0.6 is 0 Å². The van der Waals surface area contributed by atoms with Crippen molar-refractivity contribution in [2.75, 3.05) is 5.32 Å². The second-order valence-electron chi connectivity index (χ2n) is 6.74. The smallest absolute Gasteiger partial charge is 0.335 e. The number of benzene rings is 2. The third kappa shape index (κ3) is 6.50. The van der Waals surface area contributed by atoms with Gasteiger partial charge in [-0.3, -0.25) is 0 Å². The van der Waals surface area contributed by atoms with Crippen LogP contribution in [0, 0.1) is 0 Å². The van der Waals surface area contributed by atoms with Gasteiger partial charge in [0.05, 0.1) is 26.9 Å². The number of aliphatic hydroxyl groups is 2. The van der Waals surface area contributed by atoms with E-state index in [9.17, 15) is 28.5 Å². The standard InChI is InChI=1S/C17H18B2N2O7S/c1-16(18,19)9-17(24,25)21-12-7-10(15(22)23)8-13(29(20,26)27)14(12)28-11-5-3-2-4-6-11/h2-8,21,24-25H,9H2,1H3,(H,22,23)(H2,20,26,27). The summed E-state index contributed by atoms with van der Waals surface area (Å²) in [6.45, 7) is 1.32. The van der Waals surface area contributed by atoms with Crippen LogP contribution < -0.4 is 15.2 Å². The number of hydrogen-bond acceptors (Lipinski definition) is 7. The molecule has 0 spiro atoms. The Bertz CT molecular complexity index is 1010. The summed E-state index contributed by atoms with van der Waals surface area (Å²) >= 11 is 0. The van der Waals surface area contributed by atoms with Gasteiger partial charge in [-0.25, -0.2) is 18.4 Å². The van der Waals surface area contributed by atoms with Crippen molar-refractivity contribution in [1.82, 2.24) is 0 Å². The van der Waals surface area contributed by atoms with Crippen molar-refractivity contribution in [1.29, 1.82) is 0 Å². The molecule has 12 heteroatoms. The number of hydrogen-bond donors (Lipinski definition) is 5. The normalized spacial score (nSPS) is 12.4. The summed E-state index contributed by atoms with van der Waals surface area (Å²) in [7, 11) is 6.72. The molecule has 0 aliphatic heterocycles. The summed E-state index contributed by atoms with van der Waals surface area (Å²) in [4.78, 5) is 10.7. The minimum atomic E-state index is -4.46. The number of rotatable bonds is 8. The fraction of sp³-hybridized carbons (Fsp3) is 0.235. The SMILES string of the molecule is [B]C([B])(C)CC(O)(O)Nc1cc(C(=O)O)cc(S(N)(=O)=O)c1Oc1ccccc1. The monoisotopic (exact) mass is 416 g/mol. The molecule has 0 aromatic heterocycles. The Morgan fingerprint density at radius 3 is 2.28 bits per heavy atom. The number of aromatic carboxylic acids is 1. The van der Waals surface area contributed by atoms with Crippen molar-refractivity contribution in [2.24, 2.45) is 5.14 Å². The Morgan fingerprint density at radius 1 is 1.21 bits per heavy atom. The van der Waals surface area contributed by atoms with E-state index in [4.69, 9.17) is 25.6 Å². The number of anilines is 1. The first-order valence-corrected chi connectivity index (χ1v) is 9.70. The van der Waals surface area contributed by atoms with Crippen LogP contribution in [0.4, 0.5) is 5.69 Å². The number of primary sulfonamides is 1. The molecule has 0 saturated carbocycles. The fourth-order valence-corrected chi connectivity index (χ4v) is 3.23. The van der Waals surface area contributed by atoms with Crippen LogP contribution in [0.15, 0.2) is 47.4 Å². The maximum atomic E-state index is 12.1. The molecule has 0 aliphatic rings. The van der Waals surface area contributed by atoms with Gasteiger partial charge in [0.1, 0.15) is 10.6 Å². The number of ether oxygens (including phenoxy) is 1. The van der Waals surface area contributed by atoms with E-state index in [0.29, 0.717) is 0 Å².